The van der Waals surface area contributed by atoms with E-state index >= 15 is 0 Å². The standard InChI is InChI=1S/C14H13F3N4O/c15-14(16,17)7-21-13(22)11-5-8(6-20-11)9-1-3-18-12-10(9)2-4-19-12/h1-4,6,11,20H,5,7H2,(H,18,19)(H,21,22). The van der Waals surface area contributed by atoms with Crippen LogP contribution in [0, 0.1) is 0 Å². The number of carbonyl (C=O) groups is 1. The number of nitrogens with one attached hydrogen (secondary N) is 3. The minimum absolute atomic E-state index is 0.327. The molecule has 0 saturated heterocycles. The van der Waals surface area contributed by atoms with Crippen molar-refractivity contribution in [1.82, 2.24) is 20.6 Å². The molecule has 0 saturated carbocycles. The molecular weight excluding hydrogens is 297 g/mol. The van der Waals surface area contributed by atoms with Gasteiger partial charge in [-0.05, 0) is 23.3 Å². The Balaban J connectivity index is 1.69. The molecule has 1 atom stereocenters. The van der Waals surface area contributed by atoms with E-state index in [2.05, 4.69) is 15.3 Å². The molecule has 0 fully saturated rings. The summed E-state index contributed by atoms with van der Waals surface area (Å²) in [6.07, 6.45) is 0.990. The molecule has 1 amide bonds. The average Bonchev–Trinajstić information content (AvgIpc) is 3.12. The first-order valence-electron chi connectivity index (χ1n) is 6.66. The fraction of sp³-hybridized carbons (Fsp3) is 0.286. The molecular formula is C14H13F3N4O. The molecule has 1 aliphatic rings. The SMILES string of the molecule is O=C(NCC(F)(F)F)C1CC(c2ccnc3[nH]ccc23)=CN1. The Hall–Kier alpha value is -2.51. The highest BCUT2D eigenvalue weighted by molar-refractivity contribution is 5.93. The summed E-state index contributed by atoms with van der Waals surface area (Å²) in [5.41, 5.74) is 2.49. The summed E-state index contributed by atoms with van der Waals surface area (Å²) in [4.78, 5) is 18.9. The fourth-order valence-corrected chi connectivity index (χ4v) is 2.45. The number of pyridine rings is 1. The van der Waals surface area contributed by atoms with Crippen molar-refractivity contribution >= 4 is 22.5 Å². The Morgan fingerprint density at radius 2 is 2.23 bits per heavy atom. The van der Waals surface area contributed by atoms with E-state index in [0.717, 1.165) is 22.2 Å². The quantitative estimate of drug-likeness (QED) is 0.811. The number of fused-ring (bicyclic) bond motifs is 1. The minimum atomic E-state index is -4.41. The number of H-pyrrole nitrogens is 1. The molecule has 3 N–H and O–H groups in total. The molecule has 2 aromatic rings. The van der Waals surface area contributed by atoms with Crippen molar-refractivity contribution in [3.63, 3.8) is 0 Å². The number of amides is 1. The largest absolute Gasteiger partial charge is 0.405 e. The fourth-order valence-electron chi connectivity index (χ4n) is 2.45. The number of aromatic amines is 1. The number of hydrogen-bond donors (Lipinski definition) is 3. The van der Waals surface area contributed by atoms with Crippen molar-refractivity contribution in [2.45, 2.75) is 18.6 Å². The lowest BCUT2D eigenvalue weighted by Gasteiger charge is -2.13. The Bertz CT molecular complexity index is 735. The molecule has 2 aromatic heterocycles. The van der Waals surface area contributed by atoms with E-state index in [-0.39, 0.29) is 0 Å². The number of halogens is 3. The minimum Gasteiger partial charge on any atom is -0.379 e. The van der Waals surface area contributed by atoms with Crippen molar-refractivity contribution in [3.8, 4) is 0 Å². The first-order valence-corrected chi connectivity index (χ1v) is 6.66. The lowest BCUT2D eigenvalue weighted by atomic mass is 10.0. The molecule has 0 aliphatic carbocycles. The summed E-state index contributed by atoms with van der Waals surface area (Å²) in [5, 5.41) is 5.63. The van der Waals surface area contributed by atoms with Crippen molar-refractivity contribution in [3.05, 3.63) is 36.3 Å². The molecule has 0 spiro atoms. The number of rotatable bonds is 3. The third-order valence-electron chi connectivity index (χ3n) is 3.47. The second kappa shape index (κ2) is 5.36. The van der Waals surface area contributed by atoms with E-state index in [1.165, 1.54) is 0 Å². The van der Waals surface area contributed by atoms with Gasteiger partial charge in [-0.2, -0.15) is 13.2 Å². The third-order valence-corrected chi connectivity index (χ3v) is 3.47. The van der Waals surface area contributed by atoms with E-state index < -0.39 is 24.7 Å². The highest BCUT2D eigenvalue weighted by atomic mass is 19.4. The molecule has 0 bridgehead atoms. The van der Waals surface area contributed by atoms with Gasteiger partial charge in [0.05, 0.1) is 0 Å². The number of nitrogens with zero attached hydrogens (tertiary/aromatic N) is 1. The van der Waals surface area contributed by atoms with Gasteiger partial charge in [0.15, 0.2) is 0 Å². The van der Waals surface area contributed by atoms with Gasteiger partial charge >= 0.3 is 6.18 Å². The van der Waals surface area contributed by atoms with Crippen LogP contribution in [0.2, 0.25) is 0 Å². The van der Waals surface area contributed by atoms with Gasteiger partial charge in [0.2, 0.25) is 5.91 Å². The Labute approximate surface area is 123 Å². The number of carbonyl (C=O) groups excluding carboxylic acids is 1. The average molecular weight is 310 g/mol. The second-order valence-electron chi connectivity index (χ2n) is 5.02. The van der Waals surface area contributed by atoms with E-state index in [0.29, 0.717) is 6.42 Å². The van der Waals surface area contributed by atoms with Crippen LogP contribution in [0.4, 0.5) is 13.2 Å². The monoisotopic (exact) mass is 310 g/mol. The Morgan fingerprint density at radius 3 is 3.00 bits per heavy atom. The van der Waals surface area contributed by atoms with Crippen molar-refractivity contribution in [1.29, 1.82) is 0 Å². The summed E-state index contributed by atoms with van der Waals surface area (Å²) in [6.45, 7) is -1.32. The molecule has 5 nitrogen and oxygen atoms in total. The molecule has 1 unspecified atom stereocenters. The molecule has 0 radical (unpaired) electrons. The van der Waals surface area contributed by atoms with Crippen LogP contribution in [0.15, 0.2) is 30.7 Å². The van der Waals surface area contributed by atoms with Crippen molar-refractivity contribution < 1.29 is 18.0 Å². The zero-order valence-electron chi connectivity index (χ0n) is 11.4. The van der Waals surface area contributed by atoms with Gasteiger partial charge < -0.3 is 15.6 Å². The Morgan fingerprint density at radius 1 is 1.41 bits per heavy atom. The molecule has 22 heavy (non-hydrogen) atoms. The van der Waals surface area contributed by atoms with Crippen LogP contribution in [0.3, 0.4) is 0 Å². The highest BCUT2D eigenvalue weighted by Gasteiger charge is 2.31. The van der Waals surface area contributed by atoms with Crippen LogP contribution < -0.4 is 10.6 Å². The van der Waals surface area contributed by atoms with Gasteiger partial charge in [-0.1, -0.05) is 0 Å². The van der Waals surface area contributed by atoms with Gasteiger partial charge in [-0.25, -0.2) is 4.98 Å². The second-order valence-corrected chi connectivity index (χ2v) is 5.02. The number of aromatic nitrogens is 2. The molecule has 116 valence electrons. The maximum atomic E-state index is 12.1. The summed E-state index contributed by atoms with van der Waals surface area (Å²) in [7, 11) is 0. The Kier molecular flexibility index (Phi) is 3.51. The molecule has 3 rings (SSSR count). The van der Waals surface area contributed by atoms with E-state index in [9.17, 15) is 18.0 Å². The van der Waals surface area contributed by atoms with Gasteiger partial charge in [0.25, 0.3) is 0 Å². The predicted molar refractivity (Wildman–Crippen MR) is 74.7 cm³/mol. The van der Waals surface area contributed by atoms with Gasteiger partial charge in [-0.15, -0.1) is 0 Å². The van der Waals surface area contributed by atoms with Crippen LogP contribution in [0.1, 0.15) is 12.0 Å². The van der Waals surface area contributed by atoms with Gasteiger partial charge in [-0.3, -0.25) is 4.79 Å². The zero-order chi connectivity index (χ0) is 15.7. The lowest BCUT2D eigenvalue weighted by molar-refractivity contribution is -0.139. The zero-order valence-corrected chi connectivity index (χ0v) is 11.4. The molecule has 8 heteroatoms. The normalized spacial score (nSPS) is 18.1. The van der Waals surface area contributed by atoms with E-state index in [1.807, 2.05) is 17.4 Å². The molecule has 0 aromatic carbocycles. The first-order chi connectivity index (χ1) is 10.4. The topological polar surface area (TPSA) is 69.8 Å². The van der Waals surface area contributed by atoms with Gasteiger partial charge in [0, 0.05) is 30.4 Å². The molecule has 1 aliphatic heterocycles. The smallest absolute Gasteiger partial charge is 0.379 e. The van der Waals surface area contributed by atoms with Crippen molar-refractivity contribution in [2.24, 2.45) is 0 Å². The van der Waals surface area contributed by atoms with Crippen LogP contribution in [0.25, 0.3) is 16.6 Å². The summed E-state index contributed by atoms with van der Waals surface area (Å²) < 4.78 is 36.4. The van der Waals surface area contributed by atoms with Crippen LogP contribution in [0.5, 0.6) is 0 Å². The number of hydrogen-bond acceptors (Lipinski definition) is 3. The highest BCUT2D eigenvalue weighted by Crippen LogP contribution is 2.29. The summed E-state index contributed by atoms with van der Waals surface area (Å²) in [5.74, 6) is -0.664. The van der Waals surface area contributed by atoms with Crippen LogP contribution >= 0.6 is 0 Å². The van der Waals surface area contributed by atoms with Crippen LogP contribution in [-0.4, -0.2) is 34.6 Å². The first kappa shape index (κ1) is 14.4. The summed E-state index contributed by atoms with van der Waals surface area (Å²) in [6, 6.07) is 2.99. The third kappa shape index (κ3) is 2.90. The lowest BCUT2D eigenvalue weighted by Crippen LogP contribution is -2.43. The maximum Gasteiger partial charge on any atom is 0.405 e. The van der Waals surface area contributed by atoms with E-state index in [4.69, 9.17) is 0 Å². The van der Waals surface area contributed by atoms with Crippen molar-refractivity contribution in [2.75, 3.05) is 6.54 Å². The predicted octanol–water partition coefficient (Wildman–Crippen LogP) is 1.94. The maximum absolute atomic E-state index is 12.1. The van der Waals surface area contributed by atoms with Gasteiger partial charge in [0.1, 0.15) is 18.2 Å². The van der Waals surface area contributed by atoms with E-state index in [1.54, 1.807) is 18.6 Å². The van der Waals surface area contributed by atoms with Crippen LogP contribution in [-0.2, 0) is 4.79 Å². The number of alkyl halides is 3. The molecule has 3 heterocycles. The summed E-state index contributed by atoms with van der Waals surface area (Å²) >= 11 is 0.